The summed E-state index contributed by atoms with van der Waals surface area (Å²) in [4.78, 5) is 24.7. The molecule has 1 aliphatic rings. The zero-order chi connectivity index (χ0) is 19.4. The van der Waals surface area contributed by atoms with Crippen LogP contribution >= 0.6 is 11.8 Å². The fourth-order valence-electron chi connectivity index (χ4n) is 3.02. The van der Waals surface area contributed by atoms with E-state index in [9.17, 15) is 9.59 Å². The maximum atomic E-state index is 12.4. The van der Waals surface area contributed by atoms with Crippen molar-refractivity contribution in [2.45, 2.75) is 43.8 Å². The van der Waals surface area contributed by atoms with Gasteiger partial charge in [0, 0.05) is 5.25 Å². The highest BCUT2D eigenvalue weighted by Crippen LogP contribution is 2.36. The average molecular weight is 384 g/mol. The number of carbonyl (C=O) groups excluding carboxylic acids is 2. The van der Waals surface area contributed by atoms with E-state index in [0.717, 1.165) is 17.5 Å². The van der Waals surface area contributed by atoms with Crippen LogP contribution in [0.5, 0.6) is 0 Å². The molecular weight excluding hydrogens is 360 g/mol. The molecule has 5 heteroatoms. The summed E-state index contributed by atoms with van der Waals surface area (Å²) in [6.45, 7) is 6.27. The Labute approximate surface area is 164 Å². The van der Waals surface area contributed by atoms with E-state index in [0.29, 0.717) is 16.4 Å². The second-order valence-electron chi connectivity index (χ2n) is 7.00. The molecule has 1 unspecified atom stereocenters. The summed E-state index contributed by atoms with van der Waals surface area (Å²) in [6, 6.07) is 14.6. The number of benzene rings is 2. The maximum absolute atomic E-state index is 12.4. The molecule has 0 amide bonds. The fourth-order valence-corrected chi connectivity index (χ4v) is 4.40. The number of rotatable bonds is 5. The lowest BCUT2D eigenvalue weighted by atomic mass is 10.1. The third-order valence-corrected chi connectivity index (χ3v) is 6.04. The van der Waals surface area contributed by atoms with Gasteiger partial charge in [-0.05, 0) is 44.5 Å². The summed E-state index contributed by atoms with van der Waals surface area (Å²) in [5, 5.41) is 0.299. The smallest absolute Gasteiger partial charge is 0.338 e. The Kier molecular flexibility index (Phi) is 6.22. The lowest BCUT2D eigenvalue weighted by Gasteiger charge is -2.19. The van der Waals surface area contributed by atoms with Gasteiger partial charge in [-0.2, -0.15) is 0 Å². The second-order valence-corrected chi connectivity index (χ2v) is 8.68. The third-order valence-electron chi connectivity index (χ3n) is 4.60. The summed E-state index contributed by atoms with van der Waals surface area (Å²) in [5.74, 6) is -0.677. The summed E-state index contributed by atoms with van der Waals surface area (Å²) < 4.78 is 11.2. The topological polar surface area (TPSA) is 52.6 Å². The highest BCUT2D eigenvalue weighted by Gasteiger charge is 2.36. The molecule has 1 heterocycles. The van der Waals surface area contributed by atoms with Crippen LogP contribution in [0.3, 0.4) is 0 Å². The van der Waals surface area contributed by atoms with Crippen LogP contribution in [0, 0.1) is 13.8 Å². The Bertz CT molecular complexity index is 798. The van der Waals surface area contributed by atoms with Gasteiger partial charge in [-0.3, -0.25) is 0 Å². The SMILES string of the molecule is Cc1ccc(C(=O)OC[C@H]2SC(C)C[C@H]2OC(=O)c2ccc(C)cc2)cc1. The van der Waals surface area contributed by atoms with Crippen LogP contribution in [-0.4, -0.2) is 35.1 Å². The van der Waals surface area contributed by atoms with Gasteiger partial charge in [0.15, 0.2) is 0 Å². The molecule has 1 saturated heterocycles. The molecule has 2 aromatic rings. The minimum Gasteiger partial charge on any atom is -0.461 e. The molecule has 0 aromatic heterocycles. The van der Waals surface area contributed by atoms with E-state index in [4.69, 9.17) is 9.47 Å². The van der Waals surface area contributed by atoms with Crippen molar-refractivity contribution in [2.75, 3.05) is 6.61 Å². The van der Waals surface area contributed by atoms with Gasteiger partial charge in [-0.15, -0.1) is 11.8 Å². The monoisotopic (exact) mass is 384 g/mol. The van der Waals surface area contributed by atoms with Gasteiger partial charge in [-0.25, -0.2) is 9.59 Å². The van der Waals surface area contributed by atoms with Crippen LogP contribution in [0.25, 0.3) is 0 Å². The summed E-state index contributed by atoms with van der Waals surface area (Å²) in [5.41, 5.74) is 3.26. The highest BCUT2D eigenvalue weighted by molar-refractivity contribution is 8.00. The Hall–Kier alpha value is -2.27. The van der Waals surface area contributed by atoms with Gasteiger partial charge in [0.05, 0.1) is 16.4 Å². The van der Waals surface area contributed by atoms with Crippen LogP contribution in [0.1, 0.15) is 45.2 Å². The predicted octanol–water partition coefficient (Wildman–Crippen LogP) is 4.58. The number of thioether (sulfide) groups is 1. The number of esters is 2. The standard InChI is InChI=1S/C22H24O4S/c1-14-4-8-17(9-5-14)21(23)25-13-20-19(12-16(3)27-20)26-22(24)18-10-6-15(2)7-11-18/h4-11,16,19-20H,12-13H2,1-3H3/t16?,19-,20-/m1/s1. The lowest BCUT2D eigenvalue weighted by Crippen LogP contribution is -2.29. The van der Waals surface area contributed by atoms with Crippen molar-refractivity contribution in [3.8, 4) is 0 Å². The van der Waals surface area contributed by atoms with Gasteiger partial charge >= 0.3 is 11.9 Å². The quantitative estimate of drug-likeness (QED) is 0.706. The fraction of sp³-hybridized carbons (Fsp3) is 0.364. The van der Waals surface area contributed by atoms with Gasteiger partial charge < -0.3 is 9.47 Å². The van der Waals surface area contributed by atoms with Crippen LogP contribution in [0.2, 0.25) is 0 Å². The van der Waals surface area contributed by atoms with Crippen LogP contribution in [0.4, 0.5) is 0 Å². The van der Waals surface area contributed by atoms with E-state index in [1.807, 2.05) is 38.1 Å². The van der Waals surface area contributed by atoms with E-state index in [1.54, 1.807) is 36.0 Å². The first-order chi connectivity index (χ1) is 12.9. The Morgan fingerprint density at radius 3 is 2.00 bits per heavy atom. The van der Waals surface area contributed by atoms with Gasteiger partial charge in [0.1, 0.15) is 12.7 Å². The van der Waals surface area contributed by atoms with Crippen molar-refractivity contribution in [1.29, 1.82) is 0 Å². The molecule has 0 spiro atoms. The molecule has 1 aliphatic heterocycles. The largest absolute Gasteiger partial charge is 0.461 e. The minimum atomic E-state index is -0.348. The molecule has 142 valence electrons. The van der Waals surface area contributed by atoms with Crippen molar-refractivity contribution in [3.63, 3.8) is 0 Å². The molecule has 1 fully saturated rings. The van der Waals surface area contributed by atoms with E-state index >= 15 is 0 Å². The molecule has 0 aliphatic carbocycles. The first-order valence-electron chi connectivity index (χ1n) is 9.09. The Morgan fingerprint density at radius 1 is 0.926 bits per heavy atom. The minimum absolute atomic E-state index is 0.0520. The zero-order valence-electron chi connectivity index (χ0n) is 15.8. The van der Waals surface area contributed by atoms with Crippen molar-refractivity contribution in [3.05, 3.63) is 70.8 Å². The van der Waals surface area contributed by atoms with Gasteiger partial charge in [0.25, 0.3) is 0 Å². The molecule has 0 radical (unpaired) electrons. The van der Waals surface area contributed by atoms with E-state index in [1.165, 1.54) is 0 Å². The van der Waals surface area contributed by atoms with E-state index < -0.39 is 0 Å². The molecular formula is C22H24O4S. The number of hydrogen-bond donors (Lipinski definition) is 0. The Balaban J connectivity index is 1.58. The number of hydrogen-bond acceptors (Lipinski definition) is 5. The predicted molar refractivity (Wildman–Crippen MR) is 107 cm³/mol. The molecule has 2 aromatic carbocycles. The van der Waals surface area contributed by atoms with E-state index in [-0.39, 0.29) is 29.9 Å². The van der Waals surface area contributed by atoms with Crippen LogP contribution in [-0.2, 0) is 9.47 Å². The molecule has 0 bridgehead atoms. The van der Waals surface area contributed by atoms with E-state index in [2.05, 4.69) is 6.92 Å². The first-order valence-corrected chi connectivity index (χ1v) is 10.0. The first kappa shape index (κ1) is 19.5. The van der Waals surface area contributed by atoms with Crippen molar-refractivity contribution >= 4 is 23.7 Å². The molecule has 27 heavy (non-hydrogen) atoms. The average Bonchev–Trinajstić information content (AvgIpc) is 3.00. The van der Waals surface area contributed by atoms with Crippen LogP contribution in [0.15, 0.2) is 48.5 Å². The molecule has 4 nitrogen and oxygen atoms in total. The molecule has 3 atom stereocenters. The molecule has 0 N–H and O–H groups in total. The number of carbonyl (C=O) groups is 2. The van der Waals surface area contributed by atoms with Gasteiger partial charge in [0.2, 0.25) is 0 Å². The zero-order valence-corrected chi connectivity index (χ0v) is 16.6. The number of ether oxygens (including phenoxy) is 2. The van der Waals surface area contributed by atoms with Crippen LogP contribution < -0.4 is 0 Å². The summed E-state index contributed by atoms with van der Waals surface area (Å²) >= 11 is 1.70. The van der Waals surface area contributed by atoms with Crippen molar-refractivity contribution in [2.24, 2.45) is 0 Å². The number of aryl methyl sites for hydroxylation is 2. The molecule has 3 rings (SSSR count). The summed E-state index contributed by atoms with van der Waals surface area (Å²) in [7, 11) is 0. The lowest BCUT2D eigenvalue weighted by molar-refractivity contribution is 0.0214. The Morgan fingerprint density at radius 2 is 1.44 bits per heavy atom. The molecule has 0 saturated carbocycles. The third kappa shape index (κ3) is 5.13. The van der Waals surface area contributed by atoms with Crippen molar-refractivity contribution in [1.82, 2.24) is 0 Å². The summed E-state index contributed by atoms with van der Waals surface area (Å²) in [6.07, 6.45) is 0.499. The second kappa shape index (κ2) is 8.61. The van der Waals surface area contributed by atoms with Crippen molar-refractivity contribution < 1.29 is 19.1 Å². The highest BCUT2D eigenvalue weighted by atomic mass is 32.2. The normalized spacial score (nSPS) is 21.7. The maximum Gasteiger partial charge on any atom is 0.338 e. The van der Waals surface area contributed by atoms with Gasteiger partial charge in [-0.1, -0.05) is 42.3 Å².